The molecule has 1 amide bonds. The lowest BCUT2D eigenvalue weighted by Gasteiger charge is -2.15. The van der Waals surface area contributed by atoms with Crippen LogP contribution in [0.15, 0.2) is 84.4 Å². The predicted molar refractivity (Wildman–Crippen MR) is 150 cm³/mol. The molecule has 0 saturated heterocycles. The minimum absolute atomic E-state index is 0.0722. The smallest absolute Gasteiger partial charge is 0.337 e. The molecule has 0 aliphatic heterocycles. The van der Waals surface area contributed by atoms with Crippen molar-refractivity contribution in [3.63, 3.8) is 0 Å². The molecule has 7 nitrogen and oxygen atoms in total. The normalized spacial score (nSPS) is 11.0. The number of hydrogen-bond acceptors (Lipinski definition) is 5. The highest BCUT2D eigenvalue weighted by Gasteiger charge is 2.17. The van der Waals surface area contributed by atoms with Gasteiger partial charge in [0, 0.05) is 0 Å². The summed E-state index contributed by atoms with van der Waals surface area (Å²) in [6, 6.07) is 25.4. The summed E-state index contributed by atoms with van der Waals surface area (Å²) in [6.45, 7) is 0.331. The Kier molecular flexibility index (Phi) is 8.05. The fraction of sp³-hybridized carbons (Fsp3) is 0.0690. The quantitative estimate of drug-likeness (QED) is 0.139. The number of benzene rings is 4. The zero-order valence-electron chi connectivity index (χ0n) is 19.7. The molecule has 0 saturated carbocycles. The van der Waals surface area contributed by atoms with Crippen molar-refractivity contribution >= 4 is 57.0 Å². The molecule has 4 rings (SSSR count). The molecular formula is C29H21IN2O5. The zero-order valence-corrected chi connectivity index (χ0v) is 21.9. The van der Waals surface area contributed by atoms with E-state index in [9.17, 15) is 20.0 Å². The van der Waals surface area contributed by atoms with E-state index in [2.05, 4.69) is 27.9 Å². The van der Waals surface area contributed by atoms with Gasteiger partial charge in [0.05, 0.1) is 21.9 Å². The second-order valence-corrected chi connectivity index (χ2v) is 9.10. The van der Waals surface area contributed by atoms with E-state index >= 15 is 0 Å². The summed E-state index contributed by atoms with van der Waals surface area (Å²) in [4.78, 5) is 24.2. The first-order valence-electron chi connectivity index (χ1n) is 11.1. The van der Waals surface area contributed by atoms with Crippen LogP contribution in [0.5, 0.6) is 11.5 Å². The molecule has 0 unspecified atom stereocenters. The minimum atomic E-state index is -1.18. The first kappa shape index (κ1) is 25.7. The van der Waals surface area contributed by atoms with Gasteiger partial charge in [-0.05, 0) is 74.8 Å². The number of ether oxygens (including phenoxy) is 2. The van der Waals surface area contributed by atoms with Crippen LogP contribution in [0.3, 0.4) is 0 Å². The minimum Gasteiger partial charge on any atom is -0.493 e. The maximum Gasteiger partial charge on any atom is 0.337 e. The van der Waals surface area contributed by atoms with Gasteiger partial charge in [-0.15, -0.1) is 0 Å². The fourth-order valence-corrected chi connectivity index (χ4v) is 4.60. The number of anilines is 1. The number of hydrogen-bond donors (Lipinski definition) is 2. The lowest BCUT2D eigenvalue weighted by molar-refractivity contribution is -0.112. The van der Waals surface area contributed by atoms with Crippen LogP contribution in [0.1, 0.15) is 21.5 Å². The molecule has 0 aliphatic rings. The number of rotatable bonds is 8. The molecule has 0 spiro atoms. The Hall–Kier alpha value is -4.36. The van der Waals surface area contributed by atoms with Gasteiger partial charge in [-0.25, -0.2) is 4.79 Å². The van der Waals surface area contributed by atoms with Crippen molar-refractivity contribution in [3.05, 3.63) is 105 Å². The second kappa shape index (κ2) is 11.6. The number of carboxylic acids is 1. The van der Waals surface area contributed by atoms with Crippen molar-refractivity contribution in [1.29, 1.82) is 5.26 Å². The molecule has 0 atom stereocenters. The zero-order chi connectivity index (χ0) is 26.4. The van der Waals surface area contributed by atoms with Crippen LogP contribution in [0.4, 0.5) is 5.69 Å². The number of aromatic carboxylic acids is 1. The number of nitrogens with one attached hydrogen (secondary N) is 1. The fourth-order valence-electron chi connectivity index (χ4n) is 3.81. The number of halogens is 1. The van der Waals surface area contributed by atoms with Crippen molar-refractivity contribution in [2.45, 2.75) is 6.61 Å². The maximum absolute atomic E-state index is 12.7. The van der Waals surface area contributed by atoms with Gasteiger partial charge in [-0.3, -0.25) is 4.79 Å². The van der Waals surface area contributed by atoms with Crippen LogP contribution < -0.4 is 14.8 Å². The third kappa shape index (κ3) is 5.90. The lowest BCUT2D eigenvalue weighted by Crippen LogP contribution is -2.16. The standard InChI is InChI=1S/C29H21IN2O5/c1-36-26-15-18(13-21(16-31)28(33)32-25-12-5-4-11-23(25)29(34)35)14-24(30)27(26)37-17-20-9-6-8-19-7-2-3-10-22(19)20/h2-15H,17H2,1H3,(H,32,33)(H,34,35)/b21-13+. The van der Waals surface area contributed by atoms with Gasteiger partial charge in [0.2, 0.25) is 0 Å². The number of carboxylic acid groups (broad SMARTS) is 1. The predicted octanol–water partition coefficient (Wildman–Crippen LogP) is 6.28. The first-order chi connectivity index (χ1) is 17.9. The van der Waals surface area contributed by atoms with Crippen LogP contribution in [0, 0.1) is 14.9 Å². The van der Waals surface area contributed by atoms with E-state index < -0.39 is 11.9 Å². The third-order valence-electron chi connectivity index (χ3n) is 5.59. The number of nitriles is 1. The summed E-state index contributed by atoms with van der Waals surface area (Å²) in [7, 11) is 1.52. The van der Waals surface area contributed by atoms with Crippen LogP contribution in [-0.4, -0.2) is 24.1 Å². The molecule has 0 aliphatic carbocycles. The number of carbonyl (C=O) groups excluding carboxylic acids is 1. The summed E-state index contributed by atoms with van der Waals surface area (Å²) >= 11 is 2.12. The highest BCUT2D eigenvalue weighted by atomic mass is 127. The summed E-state index contributed by atoms with van der Waals surface area (Å²) in [5.41, 5.74) is 1.42. The Labute approximate surface area is 227 Å². The molecule has 8 heteroatoms. The number of para-hydroxylation sites is 1. The SMILES string of the molecule is COc1cc(/C=C(\C#N)C(=O)Nc2ccccc2C(=O)O)cc(I)c1OCc1cccc2ccccc12. The molecule has 0 radical (unpaired) electrons. The molecule has 37 heavy (non-hydrogen) atoms. The van der Waals surface area contributed by atoms with E-state index in [-0.39, 0.29) is 16.8 Å². The van der Waals surface area contributed by atoms with E-state index in [1.165, 1.54) is 25.3 Å². The molecule has 2 N–H and O–H groups in total. The summed E-state index contributed by atoms with van der Waals surface area (Å²) in [6.07, 6.45) is 1.41. The molecule has 0 fully saturated rings. The van der Waals surface area contributed by atoms with E-state index in [1.54, 1.807) is 24.3 Å². The van der Waals surface area contributed by atoms with E-state index in [4.69, 9.17) is 9.47 Å². The molecule has 4 aromatic carbocycles. The van der Waals surface area contributed by atoms with E-state index in [0.717, 1.165) is 19.9 Å². The molecule has 4 aromatic rings. The molecule has 184 valence electrons. The third-order valence-corrected chi connectivity index (χ3v) is 6.39. The largest absolute Gasteiger partial charge is 0.493 e. The average Bonchev–Trinajstić information content (AvgIpc) is 2.90. The molecule has 0 heterocycles. The number of amides is 1. The second-order valence-electron chi connectivity index (χ2n) is 7.94. The van der Waals surface area contributed by atoms with Crippen LogP contribution in [0.25, 0.3) is 16.8 Å². The maximum atomic E-state index is 12.7. The van der Waals surface area contributed by atoms with E-state index in [0.29, 0.717) is 23.7 Å². The summed E-state index contributed by atoms with van der Waals surface area (Å²) in [5, 5.41) is 23.7. The lowest BCUT2D eigenvalue weighted by atomic mass is 10.1. The van der Waals surface area contributed by atoms with Crippen molar-refractivity contribution in [3.8, 4) is 17.6 Å². The number of nitrogens with zero attached hydrogens (tertiary/aromatic N) is 1. The van der Waals surface area contributed by atoms with Gasteiger partial charge in [0.1, 0.15) is 18.2 Å². The number of fused-ring (bicyclic) bond motifs is 1. The van der Waals surface area contributed by atoms with Gasteiger partial charge in [-0.1, -0.05) is 54.6 Å². The summed E-state index contributed by atoms with van der Waals surface area (Å²) in [5.74, 6) is -0.906. The van der Waals surface area contributed by atoms with Crippen molar-refractivity contribution in [2.75, 3.05) is 12.4 Å². The number of methoxy groups -OCH3 is 1. The highest BCUT2D eigenvalue weighted by molar-refractivity contribution is 14.1. The Bertz CT molecular complexity index is 1570. The van der Waals surface area contributed by atoms with Gasteiger partial charge >= 0.3 is 5.97 Å². The monoisotopic (exact) mass is 604 g/mol. The Morgan fingerprint density at radius 1 is 1.05 bits per heavy atom. The van der Waals surface area contributed by atoms with Crippen LogP contribution in [0.2, 0.25) is 0 Å². The van der Waals surface area contributed by atoms with Crippen molar-refractivity contribution < 1.29 is 24.2 Å². The van der Waals surface area contributed by atoms with Gasteiger partial charge in [-0.2, -0.15) is 5.26 Å². The average molecular weight is 604 g/mol. The Morgan fingerprint density at radius 3 is 2.54 bits per heavy atom. The Balaban J connectivity index is 1.58. The molecular weight excluding hydrogens is 583 g/mol. The van der Waals surface area contributed by atoms with Gasteiger partial charge in [0.15, 0.2) is 11.5 Å². The van der Waals surface area contributed by atoms with Crippen molar-refractivity contribution in [1.82, 2.24) is 0 Å². The highest BCUT2D eigenvalue weighted by Crippen LogP contribution is 2.35. The molecule has 0 bridgehead atoms. The number of carbonyl (C=O) groups is 2. The van der Waals surface area contributed by atoms with E-state index in [1.807, 2.05) is 48.5 Å². The molecule has 0 aromatic heterocycles. The van der Waals surface area contributed by atoms with Gasteiger partial charge in [0.25, 0.3) is 5.91 Å². The summed E-state index contributed by atoms with van der Waals surface area (Å²) < 4.78 is 12.4. The Morgan fingerprint density at radius 2 is 1.78 bits per heavy atom. The van der Waals surface area contributed by atoms with Crippen LogP contribution in [-0.2, 0) is 11.4 Å². The van der Waals surface area contributed by atoms with Crippen molar-refractivity contribution in [2.24, 2.45) is 0 Å². The van der Waals surface area contributed by atoms with Crippen LogP contribution >= 0.6 is 22.6 Å². The first-order valence-corrected chi connectivity index (χ1v) is 12.2. The van der Waals surface area contributed by atoms with Gasteiger partial charge < -0.3 is 19.9 Å². The topological polar surface area (TPSA) is 109 Å².